The summed E-state index contributed by atoms with van der Waals surface area (Å²) in [5.41, 5.74) is 8.40. The summed E-state index contributed by atoms with van der Waals surface area (Å²) in [6.45, 7) is 2.31. The first kappa shape index (κ1) is 13.3. The second-order valence-electron chi connectivity index (χ2n) is 4.48. The number of hydrogen-bond acceptors (Lipinski definition) is 2. The van der Waals surface area contributed by atoms with Crippen LogP contribution in [0.3, 0.4) is 0 Å². The predicted octanol–water partition coefficient (Wildman–Crippen LogP) is 2.89. The summed E-state index contributed by atoms with van der Waals surface area (Å²) in [6.07, 6.45) is 0. The van der Waals surface area contributed by atoms with E-state index in [2.05, 4.69) is 5.32 Å². The van der Waals surface area contributed by atoms with Crippen molar-refractivity contribution in [2.75, 3.05) is 5.32 Å². The molecule has 1 atom stereocenters. The van der Waals surface area contributed by atoms with Gasteiger partial charge in [-0.2, -0.15) is 0 Å². The number of rotatable bonds is 4. The zero-order chi connectivity index (χ0) is 13.7. The van der Waals surface area contributed by atoms with Gasteiger partial charge in [0.2, 0.25) is 5.91 Å². The van der Waals surface area contributed by atoms with Crippen LogP contribution in [-0.2, 0) is 11.3 Å². The van der Waals surface area contributed by atoms with E-state index in [0.29, 0.717) is 6.54 Å². The van der Waals surface area contributed by atoms with Crippen LogP contribution in [0.2, 0.25) is 0 Å². The third-order valence-electron chi connectivity index (χ3n) is 3.19. The average molecular weight is 254 g/mol. The minimum atomic E-state index is -0.188. The number of anilines is 1. The van der Waals surface area contributed by atoms with Crippen LogP contribution in [0.4, 0.5) is 5.69 Å². The van der Waals surface area contributed by atoms with E-state index < -0.39 is 0 Å². The SMILES string of the molecule is CC(C(=O)Nc1ccccc1CN)c1ccccc1. The number of nitrogens with two attached hydrogens (primary N) is 1. The van der Waals surface area contributed by atoms with Gasteiger partial charge < -0.3 is 11.1 Å². The minimum Gasteiger partial charge on any atom is -0.326 e. The van der Waals surface area contributed by atoms with Crippen LogP contribution in [0.15, 0.2) is 54.6 Å². The van der Waals surface area contributed by atoms with E-state index >= 15 is 0 Å². The summed E-state index contributed by atoms with van der Waals surface area (Å²) in [5, 5.41) is 2.94. The lowest BCUT2D eigenvalue weighted by molar-refractivity contribution is -0.117. The highest BCUT2D eigenvalue weighted by Crippen LogP contribution is 2.19. The summed E-state index contributed by atoms with van der Waals surface area (Å²) in [7, 11) is 0. The predicted molar refractivity (Wildman–Crippen MR) is 77.8 cm³/mol. The minimum absolute atomic E-state index is 0.0212. The Morgan fingerprint density at radius 3 is 2.42 bits per heavy atom. The molecule has 0 radical (unpaired) electrons. The lowest BCUT2D eigenvalue weighted by Gasteiger charge is -2.14. The fourth-order valence-electron chi connectivity index (χ4n) is 1.95. The first-order valence-electron chi connectivity index (χ1n) is 6.36. The average Bonchev–Trinajstić information content (AvgIpc) is 2.48. The highest BCUT2D eigenvalue weighted by molar-refractivity contribution is 5.96. The molecule has 0 aliphatic heterocycles. The topological polar surface area (TPSA) is 55.1 Å². The molecule has 0 saturated heterocycles. The lowest BCUT2D eigenvalue weighted by atomic mass is 10.0. The molecule has 0 bridgehead atoms. The van der Waals surface area contributed by atoms with Gasteiger partial charge in [0.15, 0.2) is 0 Å². The second-order valence-corrected chi connectivity index (χ2v) is 4.48. The van der Waals surface area contributed by atoms with Crippen molar-refractivity contribution >= 4 is 11.6 Å². The Balaban J connectivity index is 2.13. The van der Waals surface area contributed by atoms with E-state index in [-0.39, 0.29) is 11.8 Å². The van der Waals surface area contributed by atoms with Gasteiger partial charge >= 0.3 is 0 Å². The number of hydrogen-bond donors (Lipinski definition) is 2. The number of para-hydroxylation sites is 1. The Hall–Kier alpha value is -2.13. The Kier molecular flexibility index (Phi) is 4.31. The van der Waals surface area contributed by atoms with Gasteiger partial charge in [0.25, 0.3) is 0 Å². The molecule has 1 amide bonds. The van der Waals surface area contributed by atoms with Crippen LogP contribution in [-0.4, -0.2) is 5.91 Å². The van der Waals surface area contributed by atoms with Crippen molar-refractivity contribution in [2.24, 2.45) is 5.73 Å². The second kappa shape index (κ2) is 6.16. The molecule has 0 aliphatic rings. The van der Waals surface area contributed by atoms with Crippen molar-refractivity contribution in [3.63, 3.8) is 0 Å². The van der Waals surface area contributed by atoms with Gasteiger partial charge in [-0.15, -0.1) is 0 Å². The summed E-state index contributed by atoms with van der Waals surface area (Å²) < 4.78 is 0. The first-order valence-corrected chi connectivity index (χ1v) is 6.36. The first-order chi connectivity index (χ1) is 9.22. The molecule has 3 heteroatoms. The number of nitrogens with one attached hydrogen (secondary N) is 1. The molecule has 2 aromatic carbocycles. The number of carbonyl (C=O) groups excluding carboxylic acids is 1. The lowest BCUT2D eigenvalue weighted by Crippen LogP contribution is -2.20. The molecule has 0 aliphatic carbocycles. The highest BCUT2D eigenvalue weighted by Gasteiger charge is 2.15. The molecule has 2 aromatic rings. The maximum absolute atomic E-state index is 12.2. The third kappa shape index (κ3) is 3.20. The molecular weight excluding hydrogens is 236 g/mol. The van der Waals surface area contributed by atoms with E-state index in [9.17, 15) is 4.79 Å². The molecule has 1 unspecified atom stereocenters. The van der Waals surface area contributed by atoms with E-state index in [1.807, 2.05) is 61.5 Å². The summed E-state index contributed by atoms with van der Waals surface area (Å²) in [4.78, 5) is 12.2. The van der Waals surface area contributed by atoms with Crippen LogP contribution in [0.5, 0.6) is 0 Å². The van der Waals surface area contributed by atoms with Gasteiger partial charge in [-0.25, -0.2) is 0 Å². The summed E-state index contributed by atoms with van der Waals surface area (Å²) >= 11 is 0. The van der Waals surface area contributed by atoms with Gasteiger partial charge in [0.1, 0.15) is 0 Å². The van der Waals surface area contributed by atoms with Crippen LogP contribution in [0.1, 0.15) is 24.0 Å². The number of carbonyl (C=O) groups is 1. The number of amides is 1. The van der Waals surface area contributed by atoms with E-state index in [1.165, 1.54) is 0 Å². The third-order valence-corrected chi connectivity index (χ3v) is 3.19. The fraction of sp³-hybridized carbons (Fsp3) is 0.188. The Bertz CT molecular complexity index is 552. The molecule has 0 fully saturated rings. The standard InChI is InChI=1S/C16H18N2O/c1-12(13-7-3-2-4-8-13)16(19)18-15-10-6-5-9-14(15)11-17/h2-10,12H,11,17H2,1H3,(H,18,19). The molecular formula is C16H18N2O. The molecule has 0 heterocycles. The largest absolute Gasteiger partial charge is 0.326 e. The molecule has 0 saturated carbocycles. The van der Waals surface area contributed by atoms with Crippen LogP contribution in [0, 0.1) is 0 Å². The smallest absolute Gasteiger partial charge is 0.231 e. The molecule has 3 nitrogen and oxygen atoms in total. The zero-order valence-corrected chi connectivity index (χ0v) is 11.0. The molecule has 3 N–H and O–H groups in total. The molecule has 19 heavy (non-hydrogen) atoms. The van der Waals surface area contributed by atoms with Gasteiger partial charge in [-0.1, -0.05) is 48.5 Å². The Morgan fingerprint density at radius 1 is 1.11 bits per heavy atom. The molecule has 2 rings (SSSR count). The summed E-state index contributed by atoms with van der Waals surface area (Å²) in [6, 6.07) is 17.3. The normalized spacial score (nSPS) is 11.9. The van der Waals surface area contributed by atoms with Gasteiger partial charge in [-0.3, -0.25) is 4.79 Å². The van der Waals surface area contributed by atoms with Crippen molar-refractivity contribution in [1.29, 1.82) is 0 Å². The van der Waals surface area contributed by atoms with E-state index in [4.69, 9.17) is 5.73 Å². The van der Waals surface area contributed by atoms with Crippen molar-refractivity contribution in [3.8, 4) is 0 Å². The molecule has 98 valence electrons. The molecule has 0 spiro atoms. The van der Waals surface area contributed by atoms with Crippen molar-refractivity contribution in [2.45, 2.75) is 19.4 Å². The highest BCUT2D eigenvalue weighted by atomic mass is 16.1. The maximum Gasteiger partial charge on any atom is 0.231 e. The quantitative estimate of drug-likeness (QED) is 0.881. The summed E-state index contributed by atoms with van der Waals surface area (Å²) in [5.74, 6) is -0.209. The van der Waals surface area contributed by atoms with E-state index in [0.717, 1.165) is 16.8 Å². The monoisotopic (exact) mass is 254 g/mol. The zero-order valence-electron chi connectivity index (χ0n) is 11.0. The van der Waals surface area contributed by atoms with Crippen LogP contribution < -0.4 is 11.1 Å². The van der Waals surface area contributed by atoms with Crippen LogP contribution >= 0.6 is 0 Å². The van der Waals surface area contributed by atoms with Gasteiger partial charge in [0, 0.05) is 12.2 Å². The van der Waals surface area contributed by atoms with Gasteiger partial charge in [-0.05, 0) is 24.1 Å². The fourth-order valence-corrected chi connectivity index (χ4v) is 1.95. The Labute approximate surface area is 113 Å². The van der Waals surface area contributed by atoms with Crippen molar-refractivity contribution in [3.05, 3.63) is 65.7 Å². The van der Waals surface area contributed by atoms with Gasteiger partial charge in [0.05, 0.1) is 5.92 Å². The van der Waals surface area contributed by atoms with Crippen molar-refractivity contribution in [1.82, 2.24) is 0 Å². The van der Waals surface area contributed by atoms with Crippen molar-refractivity contribution < 1.29 is 4.79 Å². The van der Waals surface area contributed by atoms with E-state index in [1.54, 1.807) is 0 Å². The Morgan fingerprint density at radius 2 is 1.74 bits per heavy atom. The number of benzene rings is 2. The van der Waals surface area contributed by atoms with Crippen LogP contribution in [0.25, 0.3) is 0 Å². The molecule has 0 aromatic heterocycles. The maximum atomic E-state index is 12.2.